The first-order valence-electron chi connectivity index (χ1n) is 10.3. The van der Waals surface area contributed by atoms with Crippen LogP contribution < -0.4 is 10.6 Å². The molecule has 8 heteroatoms. The van der Waals surface area contributed by atoms with Gasteiger partial charge in [-0.15, -0.1) is 0 Å². The van der Waals surface area contributed by atoms with E-state index in [1.54, 1.807) is 4.90 Å². The SMILES string of the molecule is COC(=O)C1(NC(=O)[C@@H]2Cc3ccccc3CN2)CCN(C(=O)OC(C)(C)C)CC1. The number of fused-ring (bicyclic) bond motifs is 1. The van der Waals surface area contributed by atoms with Crippen molar-refractivity contribution in [3.63, 3.8) is 0 Å². The van der Waals surface area contributed by atoms with Gasteiger partial charge in [-0.25, -0.2) is 9.59 Å². The van der Waals surface area contributed by atoms with E-state index in [1.165, 1.54) is 12.7 Å². The summed E-state index contributed by atoms with van der Waals surface area (Å²) < 4.78 is 10.4. The van der Waals surface area contributed by atoms with Crippen LogP contribution in [-0.2, 0) is 32.0 Å². The zero-order valence-corrected chi connectivity index (χ0v) is 18.1. The van der Waals surface area contributed by atoms with E-state index in [-0.39, 0.29) is 18.7 Å². The maximum atomic E-state index is 13.0. The summed E-state index contributed by atoms with van der Waals surface area (Å²) in [5.41, 5.74) is 0.562. The smallest absolute Gasteiger partial charge is 0.410 e. The molecule has 0 saturated carbocycles. The minimum absolute atomic E-state index is 0.236. The maximum Gasteiger partial charge on any atom is 0.410 e. The van der Waals surface area contributed by atoms with E-state index in [9.17, 15) is 14.4 Å². The molecule has 1 saturated heterocycles. The molecule has 0 aromatic heterocycles. The van der Waals surface area contributed by atoms with E-state index in [0.29, 0.717) is 26.1 Å². The number of hydrogen-bond acceptors (Lipinski definition) is 6. The fourth-order valence-electron chi connectivity index (χ4n) is 3.94. The van der Waals surface area contributed by atoms with Crippen LogP contribution in [-0.4, -0.2) is 60.3 Å². The van der Waals surface area contributed by atoms with Gasteiger partial charge in [-0.2, -0.15) is 0 Å². The number of benzene rings is 1. The van der Waals surface area contributed by atoms with Crippen LogP contribution >= 0.6 is 0 Å². The molecular weight excluding hydrogens is 386 g/mol. The molecule has 30 heavy (non-hydrogen) atoms. The summed E-state index contributed by atoms with van der Waals surface area (Å²) in [6, 6.07) is 7.57. The van der Waals surface area contributed by atoms with E-state index >= 15 is 0 Å². The van der Waals surface area contributed by atoms with Gasteiger partial charge in [0.05, 0.1) is 13.2 Å². The Balaban J connectivity index is 1.66. The van der Waals surface area contributed by atoms with Crippen LogP contribution in [0.2, 0.25) is 0 Å². The quantitative estimate of drug-likeness (QED) is 0.728. The third kappa shape index (κ3) is 4.92. The summed E-state index contributed by atoms with van der Waals surface area (Å²) in [5.74, 6) is -0.725. The Morgan fingerprint density at radius 1 is 1.13 bits per heavy atom. The molecule has 1 atom stereocenters. The lowest BCUT2D eigenvalue weighted by Gasteiger charge is -2.41. The minimum atomic E-state index is -1.15. The predicted octanol–water partition coefficient (Wildman–Crippen LogP) is 1.76. The molecule has 0 aliphatic carbocycles. The van der Waals surface area contributed by atoms with E-state index in [4.69, 9.17) is 9.47 Å². The van der Waals surface area contributed by atoms with Crippen molar-refractivity contribution in [3.05, 3.63) is 35.4 Å². The number of piperidine rings is 1. The van der Waals surface area contributed by atoms with Crippen LogP contribution in [0.25, 0.3) is 0 Å². The number of carbonyl (C=O) groups is 3. The molecule has 2 N–H and O–H groups in total. The van der Waals surface area contributed by atoms with Gasteiger partial charge in [-0.3, -0.25) is 4.79 Å². The van der Waals surface area contributed by atoms with Crippen molar-refractivity contribution < 1.29 is 23.9 Å². The van der Waals surface area contributed by atoms with Gasteiger partial charge in [-0.05, 0) is 51.2 Å². The first-order chi connectivity index (χ1) is 14.1. The number of nitrogens with zero attached hydrogens (tertiary/aromatic N) is 1. The summed E-state index contributed by atoms with van der Waals surface area (Å²) in [6.07, 6.45) is 0.684. The summed E-state index contributed by atoms with van der Waals surface area (Å²) in [5, 5.41) is 6.18. The number of hydrogen-bond donors (Lipinski definition) is 2. The highest BCUT2D eigenvalue weighted by molar-refractivity contribution is 5.91. The van der Waals surface area contributed by atoms with Gasteiger partial charge in [0.15, 0.2) is 0 Å². The van der Waals surface area contributed by atoms with E-state index in [1.807, 2.05) is 45.0 Å². The first-order valence-corrected chi connectivity index (χ1v) is 10.3. The molecule has 2 heterocycles. The molecule has 0 unspecified atom stereocenters. The highest BCUT2D eigenvalue weighted by atomic mass is 16.6. The van der Waals surface area contributed by atoms with Crippen LogP contribution in [0.3, 0.4) is 0 Å². The largest absolute Gasteiger partial charge is 0.467 e. The summed E-state index contributed by atoms with van der Waals surface area (Å²) in [7, 11) is 1.31. The Morgan fingerprint density at radius 2 is 1.77 bits per heavy atom. The molecule has 0 radical (unpaired) electrons. The number of amides is 2. The van der Waals surface area contributed by atoms with Crippen molar-refractivity contribution in [2.75, 3.05) is 20.2 Å². The highest BCUT2D eigenvalue weighted by Crippen LogP contribution is 2.26. The molecule has 2 aliphatic heterocycles. The zero-order valence-electron chi connectivity index (χ0n) is 18.1. The molecule has 164 valence electrons. The molecular formula is C22H31N3O5. The van der Waals surface area contributed by atoms with Crippen molar-refractivity contribution in [3.8, 4) is 0 Å². The standard InChI is InChI=1S/C22H31N3O5/c1-21(2,3)30-20(28)25-11-9-22(10-12-25,19(27)29-4)24-18(26)17-13-15-7-5-6-8-16(15)14-23-17/h5-8,17,23H,9-14H2,1-4H3,(H,24,26)/t17-/m0/s1. The second-order valence-corrected chi connectivity index (χ2v) is 8.94. The van der Waals surface area contributed by atoms with Gasteiger partial charge in [0.1, 0.15) is 11.1 Å². The average Bonchev–Trinajstić information content (AvgIpc) is 2.71. The normalized spacial score (nSPS) is 20.7. The number of esters is 1. The topological polar surface area (TPSA) is 97.0 Å². The Hall–Kier alpha value is -2.61. The second kappa shape index (κ2) is 8.63. The summed E-state index contributed by atoms with van der Waals surface area (Å²) >= 11 is 0. The van der Waals surface area contributed by atoms with Gasteiger partial charge < -0.3 is 25.0 Å². The molecule has 1 fully saturated rings. The summed E-state index contributed by atoms with van der Waals surface area (Å²) in [6.45, 7) is 6.62. The molecule has 0 spiro atoms. The Bertz CT molecular complexity index is 809. The second-order valence-electron chi connectivity index (χ2n) is 8.94. The van der Waals surface area contributed by atoms with Crippen molar-refractivity contribution in [1.82, 2.24) is 15.5 Å². The van der Waals surface area contributed by atoms with E-state index in [2.05, 4.69) is 10.6 Å². The molecule has 2 amide bonds. The lowest BCUT2D eigenvalue weighted by Crippen LogP contribution is -2.64. The number of carbonyl (C=O) groups excluding carboxylic acids is 3. The number of ether oxygens (including phenoxy) is 2. The molecule has 0 bridgehead atoms. The average molecular weight is 418 g/mol. The molecule has 1 aromatic carbocycles. The molecule has 2 aliphatic rings. The van der Waals surface area contributed by atoms with Crippen LogP contribution in [0.4, 0.5) is 4.79 Å². The third-order valence-electron chi connectivity index (χ3n) is 5.61. The van der Waals surface area contributed by atoms with Gasteiger partial charge in [0.2, 0.25) is 5.91 Å². The summed E-state index contributed by atoms with van der Waals surface area (Å²) in [4.78, 5) is 39.5. The number of nitrogens with one attached hydrogen (secondary N) is 2. The fraction of sp³-hybridized carbons (Fsp3) is 0.591. The van der Waals surface area contributed by atoms with Gasteiger partial charge in [0, 0.05) is 19.6 Å². The molecule has 1 aromatic rings. The lowest BCUT2D eigenvalue weighted by molar-refractivity contribution is -0.153. The molecule has 8 nitrogen and oxygen atoms in total. The fourth-order valence-corrected chi connectivity index (χ4v) is 3.94. The Morgan fingerprint density at radius 3 is 2.37 bits per heavy atom. The predicted molar refractivity (Wildman–Crippen MR) is 111 cm³/mol. The van der Waals surface area contributed by atoms with Crippen molar-refractivity contribution in [2.24, 2.45) is 0 Å². The number of likely N-dealkylation sites (tertiary alicyclic amines) is 1. The van der Waals surface area contributed by atoms with Crippen molar-refractivity contribution in [2.45, 2.75) is 63.8 Å². The van der Waals surface area contributed by atoms with Crippen molar-refractivity contribution >= 4 is 18.0 Å². The Kier molecular flexibility index (Phi) is 6.36. The third-order valence-corrected chi connectivity index (χ3v) is 5.61. The van der Waals surface area contributed by atoms with Crippen LogP contribution in [0, 0.1) is 0 Å². The van der Waals surface area contributed by atoms with Crippen LogP contribution in [0.5, 0.6) is 0 Å². The number of methoxy groups -OCH3 is 1. The first kappa shape index (κ1) is 22.1. The minimum Gasteiger partial charge on any atom is -0.467 e. The van der Waals surface area contributed by atoms with Crippen LogP contribution in [0.15, 0.2) is 24.3 Å². The maximum absolute atomic E-state index is 13.0. The highest BCUT2D eigenvalue weighted by Gasteiger charge is 2.46. The van der Waals surface area contributed by atoms with Crippen LogP contribution in [0.1, 0.15) is 44.7 Å². The lowest BCUT2D eigenvalue weighted by atomic mass is 9.86. The van der Waals surface area contributed by atoms with E-state index < -0.39 is 29.2 Å². The van der Waals surface area contributed by atoms with Crippen molar-refractivity contribution in [1.29, 1.82) is 0 Å². The Labute approximate surface area is 177 Å². The molecule has 3 rings (SSSR count). The van der Waals surface area contributed by atoms with E-state index in [0.717, 1.165) is 5.56 Å². The van der Waals surface area contributed by atoms with Gasteiger partial charge >= 0.3 is 12.1 Å². The number of rotatable bonds is 3. The zero-order chi connectivity index (χ0) is 21.9. The van der Waals surface area contributed by atoms with Gasteiger partial charge in [-0.1, -0.05) is 24.3 Å². The van der Waals surface area contributed by atoms with Gasteiger partial charge in [0.25, 0.3) is 0 Å². The monoisotopic (exact) mass is 417 g/mol.